The van der Waals surface area contributed by atoms with Gasteiger partial charge in [-0.05, 0) is 0 Å². The topological polar surface area (TPSA) is 41.8 Å². The lowest BCUT2D eigenvalue weighted by molar-refractivity contribution is -0.0500. The van der Waals surface area contributed by atoms with Crippen LogP contribution in [-0.4, -0.2) is 25.0 Å². The summed E-state index contributed by atoms with van der Waals surface area (Å²) in [5.41, 5.74) is -0.167. The van der Waals surface area contributed by atoms with Gasteiger partial charge < -0.3 is 9.84 Å². The van der Waals surface area contributed by atoms with Crippen molar-refractivity contribution >= 4 is 6.21 Å². The van der Waals surface area contributed by atoms with E-state index in [1.807, 2.05) is 0 Å². The van der Waals surface area contributed by atoms with Crippen molar-refractivity contribution in [3.05, 3.63) is 23.5 Å². The van der Waals surface area contributed by atoms with Gasteiger partial charge in [0.1, 0.15) is 17.3 Å². The third kappa shape index (κ3) is 2.87. The first kappa shape index (κ1) is 11.4. The summed E-state index contributed by atoms with van der Waals surface area (Å²) in [7, 11) is 1.39. The zero-order valence-corrected chi connectivity index (χ0v) is 7.75. The van der Waals surface area contributed by atoms with Crippen LogP contribution in [0.4, 0.5) is 13.2 Å². The number of benzene rings is 1. The predicted octanol–water partition coefficient (Wildman–Crippen LogP) is 2.18. The number of phenols is 1. The van der Waals surface area contributed by atoms with Crippen molar-refractivity contribution in [3.8, 4) is 11.5 Å². The average Bonchev–Trinajstić information content (AvgIpc) is 2.10. The van der Waals surface area contributed by atoms with E-state index < -0.39 is 23.9 Å². The molecule has 0 spiro atoms. The number of phenolic OH excluding ortho intramolecular Hbond substituents is 1. The van der Waals surface area contributed by atoms with Gasteiger partial charge in [-0.2, -0.15) is 8.78 Å². The molecule has 82 valence electrons. The highest BCUT2D eigenvalue weighted by Crippen LogP contribution is 2.26. The van der Waals surface area contributed by atoms with Crippen LogP contribution in [0.25, 0.3) is 0 Å². The van der Waals surface area contributed by atoms with E-state index in [0.29, 0.717) is 0 Å². The lowest BCUT2D eigenvalue weighted by Gasteiger charge is -2.07. The van der Waals surface area contributed by atoms with Gasteiger partial charge in [-0.3, -0.25) is 4.99 Å². The summed E-state index contributed by atoms with van der Waals surface area (Å²) in [4.78, 5) is 3.50. The van der Waals surface area contributed by atoms with E-state index in [-0.39, 0.29) is 5.56 Å². The Morgan fingerprint density at radius 2 is 2.13 bits per heavy atom. The Bertz CT molecular complexity index is 357. The monoisotopic (exact) mass is 219 g/mol. The average molecular weight is 219 g/mol. The first-order chi connectivity index (χ1) is 7.04. The molecule has 0 aromatic heterocycles. The molecule has 15 heavy (non-hydrogen) atoms. The van der Waals surface area contributed by atoms with Crippen molar-refractivity contribution in [2.24, 2.45) is 4.99 Å². The summed E-state index contributed by atoms with van der Waals surface area (Å²) in [5, 5.41) is 9.26. The van der Waals surface area contributed by atoms with Gasteiger partial charge in [0.05, 0.1) is 5.56 Å². The second kappa shape index (κ2) is 4.68. The van der Waals surface area contributed by atoms with Crippen molar-refractivity contribution in [3.63, 3.8) is 0 Å². The van der Waals surface area contributed by atoms with Gasteiger partial charge >= 0.3 is 6.61 Å². The molecular formula is C9H8F3NO2. The highest BCUT2D eigenvalue weighted by molar-refractivity contribution is 5.84. The number of aromatic hydroxyl groups is 1. The van der Waals surface area contributed by atoms with Crippen LogP contribution in [0.1, 0.15) is 5.56 Å². The van der Waals surface area contributed by atoms with E-state index in [9.17, 15) is 18.3 Å². The van der Waals surface area contributed by atoms with Gasteiger partial charge in [-0.25, -0.2) is 4.39 Å². The fourth-order valence-corrected chi connectivity index (χ4v) is 1.01. The molecule has 0 unspecified atom stereocenters. The Morgan fingerprint density at radius 3 is 2.60 bits per heavy atom. The number of alkyl halides is 2. The normalized spacial score (nSPS) is 11.3. The van der Waals surface area contributed by atoms with Crippen molar-refractivity contribution in [1.29, 1.82) is 0 Å². The Hall–Kier alpha value is -1.72. The highest BCUT2D eigenvalue weighted by Gasteiger charge is 2.11. The van der Waals surface area contributed by atoms with E-state index in [4.69, 9.17) is 0 Å². The van der Waals surface area contributed by atoms with E-state index in [0.717, 1.165) is 18.3 Å². The molecule has 0 radical (unpaired) electrons. The molecule has 1 N–H and O–H groups in total. The molecule has 1 aromatic carbocycles. The van der Waals surface area contributed by atoms with Gasteiger partial charge in [0, 0.05) is 25.4 Å². The van der Waals surface area contributed by atoms with Gasteiger partial charge in [0.2, 0.25) is 0 Å². The van der Waals surface area contributed by atoms with Crippen LogP contribution in [0.2, 0.25) is 0 Å². The maximum Gasteiger partial charge on any atom is 0.387 e. The molecule has 0 aliphatic rings. The van der Waals surface area contributed by atoms with Crippen LogP contribution in [0, 0.1) is 5.82 Å². The van der Waals surface area contributed by atoms with E-state index in [1.165, 1.54) is 7.05 Å². The van der Waals surface area contributed by atoms with E-state index >= 15 is 0 Å². The standard InChI is InChI=1S/C9H8F3NO2/c1-13-4-6-7(10)2-5(3-8(6)14)15-9(11)12/h2-4,9,14H,1H3/b13-4+. The smallest absolute Gasteiger partial charge is 0.387 e. The zero-order valence-electron chi connectivity index (χ0n) is 7.75. The van der Waals surface area contributed by atoms with E-state index in [2.05, 4.69) is 9.73 Å². The Balaban J connectivity index is 3.08. The summed E-state index contributed by atoms with van der Waals surface area (Å²) in [6.07, 6.45) is 1.08. The van der Waals surface area contributed by atoms with Crippen molar-refractivity contribution in [2.45, 2.75) is 6.61 Å². The number of nitrogens with zero attached hydrogens (tertiary/aromatic N) is 1. The SMILES string of the molecule is C/N=C/c1c(O)cc(OC(F)F)cc1F. The minimum atomic E-state index is -3.06. The molecule has 3 nitrogen and oxygen atoms in total. The summed E-state index contributed by atoms with van der Waals surface area (Å²) in [6, 6.07) is 1.65. The lowest BCUT2D eigenvalue weighted by Crippen LogP contribution is -2.03. The maximum atomic E-state index is 13.2. The van der Waals surface area contributed by atoms with Crippen LogP contribution in [0.3, 0.4) is 0 Å². The van der Waals surface area contributed by atoms with Crippen molar-refractivity contribution in [1.82, 2.24) is 0 Å². The Labute approximate surface area is 83.8 Å². The molecule has 0 aliphatic heterocycles. The van der Waals surface area contributed by atoms with Crippen LogP contribution >= 0.6 is 0 Å². The highest BCUT2D eigenvalue weighted by atomic mass is 19.3. The summed E-state index contributed by atoms with van der Waals surface area (Å²) in [5.74, 6) is -1.82. The Morgan fingerprint density at radius 1 is 1.47 bits per heavy atom. The van der Waals surface area contributed by atoms with Gasteiger partial charge in [0.25, 0.3) is 0 Å². The molecule has 0 saturated heterocycles. The summed E-state index contributed by atoms with van der Waals surface area (Å²) in [6.45, 7) is -3.06. The molecule has 0 fully saturated rings. The van der Waals surface area contributed by atoms with Crippen LogP contribution in [0.5, 0.6) is 11.5 Å². The number of ether oxygens (including phenoxy) is 1. The molecule has 0 atom stereocenters. The Kier molecular flexibility index (Phi) is 3.54. The van der Waals surface area contributed by atoms with E-state index in [1.54, 1.807) is 0 Å². The molecule has 1 rings (SSSR count). The van der Waals surface area contributed by atoms with Crippen molar-refractivity contribution in [2.75, 3.05) is 7.05 Å². The second-order valence-electron chi connectivity index (χ2n) is 2.60. The van der Waals surface area contributed by atoms with Crippen molar-refractivity contribution < 1.29 is 23.0 Å². The van der Waals surface area contributed by atoms with Crippen LogP contribution in [0.15, 0.2) is 17.1 Å². The second-order valence-corrected chi connectivity index (χ2v) is 2.60. The zero-order chi connectivity index (χ0) is 11.4. The largest absolute Gasteiger partial charge is 0.507 e. The van der Waals surface area contributed by atoms with Crippen LogP contribution in [-0.2, 0) is 0 Å². The van der Waals surface area contributed by atoms with Gasteiger partial charge in [0.15, 0.2) is 0 Å². The molecule has 0 aliphatic carbocycles. The quantitative estimate of drug-likeness (QED) is 0.791. The maximum absolute atomic E-state index is 13.2. The molecular weight excluding hydrogens is 211 g/mol. The first-order valence-corrected chi connectivity index (χ1v) is 3.94. The summed E-state index contributed by atoms with van der Waals surface area (Å²) >= 11 is 0. The van der Waals surface area contributed by atoms with Crippen LogP contribution < -0.4 is 4.74 Å². The number of hydrogen-bond acceptors (Lipinski definition) is 3. The number of halogens is 3. The molecule has 0 bridgehead atoms. The fourth-order valence-electron chi connectivity index (χ4n) is 1.01. The molecule has 0 amide bonds. The third-order valence-corrected chi connectivity index (χ3v) is 1.56. The third-order valence-electron chi connectivity index (χ3n) is 1.56. The minimum Gasteiger partial charge on any atom is -0.507 e. The molecule has 0 heterocycles. The first-order valence-electron chi connectivity index (χ1n) is 3.94. The van der Waals surface area contributed by atoms with Gasteiger partial charge in [-0.1, -0.05) is 0 Å². The molecule has 0 saturated carbocycles. The number of aliphatic imine (C=N–C) groups is 1. The lowest BCUT2D eigenvalue weighted by atomic mass is 10.2. The van der Waals surface area contributed by atoms with Gasteiger partial charge in [-0.15, -0.1) is 0 Å². The fraction of sp³-hybridized carbons (Fsp3) is 0.222. The molecule has 6 heteroatoms. The number of rotatable bonds is 3. The number of hydrogen-bond donors (Lipinski definition) is 1. The predicted molar refractivity (Wildman–Crippen MR) is 48.2 cm³/mol. The summed E-state index contributed by atoms with van der Waals surface area (Å²) < 4.78 is 40.7. The molecule has 1 aromatic rings. The minimum absolute atomic E-state index is 0.167.